The van der Waals surface area contributed by atoms with Gasteiger partial charge in [0.15, 0.2) is 11.6 Å². The number of allylic oxidation sites excluding steroid dienone is 2. The molecule has 2 saturated heterocycles. The van der Waals surface area contributed by atoms with Gasteiger partial charge in [-0.25, -0.2) is 4.39 Å². The summed E-state index contributed by atoms with van der Waals surface area (Å²) in [6.45, 7) is 18.4. The summed E-state index contributed by atoms with van der Waals surface area (Å²) in [4.78, 5) is 56.8. The average molecular weight is 1110 g/mol. The molecular weight excluding hydrogens is 1030 g/mol. The van der Waals surface area contributed by atoms with E-state index in [-0.39, 0.29) is 61.9 Å². The third kappa shape index (κ3) is 10.5. The Bertz CT molecular complexity index is 3330. The number of hydrogen-bond donors (Lipinski definition) is 6. The molecule has 430 valence electrons. The first-order valence-corrected chi connectivity index (χ1v) is 27.9. The van der Waals surface area contributed by atoms with Gasteiger partial charge in [-0.2, -0.15) is 5.10 Å². The van der Waals surface area contributed by atoms with Crippen molar-refractivity contribution < 1.29 is 63.3 Å². The summed E-state index contributed by atoms with van der Waals surface area (Å²) >= 11 is 0. The number of fused-ring (bicyclic) bond motifs is 15. The number of carbonyl (C=O) groups is 3. The van der Waals surface area contributed by atoms with Gasteiger partial charge in [0.1, 0.15) is 23.4 Å². The Balaban J connectivity index is 1.07. The van der Waals surface area contributed by atoms with E-state index in [9.17, 15) is 44.7 Å². The molecule has 2 unspecified atom stereocenters. The number of amides is 1. The largest absolute Gasteiger partial charge is 0.507 e. The molecule has 10 rings (SSSR count). The molecule has 5 aliphatic heterocycles. The highest BCUT2D eigenvalue weighted by Gasteiger charge is 2.50. The first kappa shape index (κ1) is 57.7. The Morgan fingerprint density at radius 1 is 0.887 bits per heavy atom. The number of ketones is 1. The average Bonchev–Trinajstić information content (AvgIpc) is 4.26. The Morgan fingerprint density at radius 3 is 2.29 bits per heavy atom. The van der Waals surface area contributed by atoms with Crippen LogP contribution >= 0.6 is 0 Å². The Kier molecular flexibility index (Phi) is 16.3. The number of Topliss-reactive ketones (excluding diaryl/α,β-unsaturated/α-hetero) is 1. The number of aromatic nitrogens is 1. The summed E-state index contributed by atoms with van der Waals surface area (Å²) < 4.78 is 41.7. The van der Waals surface area contributed by atoms with Crippen LogP contribution in [0.3, 0.4) is 0 Å². The highest BCUT2D eigenvalue weighted by atomic mass is 19.1. The number of esters is 1. The smallest absolute Gasteiger partial charge is 0.312 e. The number of carbonyl (C=O) groups excluding carboxylic acids is 3. The van der Waals surface area contributed by atoms with Gasteiger partial charge in [0.25, 0.3) is 17.2 Å². The molecule has 1 saturated carbocycles. The number of benzene rings is 2. The summed E-state index contributed by atoms with van der Waals surface area (Å²) in [6.07, 6.45) is 10.6. The summed E-state index contributed by atoms with van der Waals surface area (Å²) in [5, 5.41) is 68.6. The van der Waals surface area contributed by atoms with E-state index in [0.29, 0.717) is 43.3 Å². The number of hydrazone groups is 1. The van der Waals surface area contributed by atoms with Crippen LogP contribution in [0.1, 0.15) is 125 Å². The van der Waals surface area contributed by atoms with Crippen molar-refractivity contribution in [1.82, 2.24) is 9.41 Å². The van der Waals surface area contributed by atoms with Crippen molar-refractivity contribution in [3.8, 4) is 23.0 Å². The number of ether oxygens (including phenoxy) is 4. The number of methoxy groups -OCH3 is 1. The van der Waals surface area contributed by atoms with Crippen LogP contribution in [0.5, 0.6) is 23.0 Å². The maximum Gasteiger partial charge on any atom is 0.312 e. The van der Waals surface area contributed by atoms with Gasteiger partial charge >= 0.3 is 11.8 Å². The normalized spacial score (nSPS) is 30.4. The molecule has 0 radical (unpaired) electrons. The Labute approximate surface area is 465 Å². The molecule has 11 atom stereocenters. The van der Waals surface area contributed by atoms with Crippen molar-refractivity contribution in [2.45, 2.75) is 137 Å². The van der Waals surface area contributed by atoms with E-state index in [2.05, 4.69) is 10.2 Å². The third-order valence-electron chi connectivity index (χ3n) is 17.7. The molecule has 19 heteroatoms. The number of piperidine rings is 1. The van der Waals surface area contributed by atoms with E-state index < -0.39 is 94.6 Å². The quantitative estimate of drug-likeness (QED) is 0.0440. The minimum absolute atomic E-state index is 0.0273. The van der Waals surface area contributed by atoms with Gasteiger partial charge in [0, 0.05) is 92.9 Å². The molecule has 18 nitrogen and oxygen atoms in total. The fourth-order valence-electron chi connectivity index (χ4n) is 12.7. The zero-order valence-electron chi connectivity index (χ0n) is 47.5. The summed E-state index contributed by atoms with van der Waals surface area (Å²) in [5.74, 6) is -8.56. The number of anilines is 2. The van der Waals surface area contributed by atoms with Crippen LogP contribution in [0.25, 0.3) is 16.3 Å². The second-order valence-corrected chi connectivity index (χ2v) is 23.2. The summed E-state index contributed by atoms with van der Waals surface area (Å²) in [7, 11) is 1.43. The first-order valence-electron chi connectivity index (χ1n) is 27.9. The lowest BCUT2D eigenvalue weighted by Gasteiger charge is -2.38. The molecule has 5 bridgehead atoms. The van der Waals surface area contributed by atoms with E-state index in [4.69, 9.17) is 24.0 Å². The van der Waals surface area contributed by atoms with E-state index in [0.717, 1.165) is 48.7 Å². The molecule has 7 heterocycles. The Morgan fingerprint density at radius 2 is 1.60 bits per heavy atom. The lowest BCUT2D eigenvalue weighted by molar-refractivity contribution is -0.160. The molecular formula is C61H76FN5O13. The standard InChI is InChI=1S/C61H76FN5O13/c1-29-14-12-15-30(2)59(75)64-48-42(25-63-66-22-19-40(27-66)39-16-13-21-65(26-39)50-33(5)49-41(38-17-18-38)24-31(3)60(76)67(49)28-43(50)62)54(72)45-46(55(48)73)53(71)36(8)57-47(45)58(74)61(10,80-57)78-23-20-44(77-11)32(4)56(79-37(9)68)35(7)52(70)34(6)51(29)69/h12,14-15,20,23-25,28-29,32,34-35,38-40,44,51-52,56,69-73H,13,16-19,21-22,26-27H2,1-11H3,(H,64,75)/b14-12+,23-20+,30-15-,63-25-/t29-,32+,34+,35+,39?,40?,44-,51-,52+,56+,61-/m0/s1. The molecule has 3 fully saturated rings. The fourth-order valence-corrected chi connectivity index (χ4v) is 12.7. The second kappa shape index (κ2) is 22.5. The van der Waals surface area contributed by atoms with Gasteiger partial charge in [-0.1, -0.05) is 45.9 Å². The molecule has 4 aromatic rings. The molecule has 0 spiro atoms. The topological polar surface area (TPSA) is 242 Å². The van der Waals surface area contributed by atoms with E-state index in [1.54, 1.807) is 46.8 Å². The van der Waals surface area contributed by atoms with Crippen LogP contribution in [0.15, 0.2) is 58.3 Å². The zero-order chi connectivity index (χ0) is 58.0. The number of hydrogen-bond acceptors (Lipinski definition) is 16. The predicted molar refractivity (Wildman–Crippen MR) is 301 cm³/mol. The number of phenols is 3. The number of aliphatic hydroxyl groups excluding tert-OH is 2. The number of aryl methyl sites for hydroxylation is 2. The van der Waals surface area contributed by atoms with E-state index >= 15 is 4.39 Å². The number of aromatic hydroxyl groups is 3. The highest BCUT2D eigenvalue weighted by Crippen LogP contribution is 2.55. The van der Waals surface area contributed by atoms with Gasteiger partial charge in [-0.05, 0) is 101 Å². The van der Waals surface area contributed by atoms with Gasteiger partial charge in [0.2, 0.25) is 0 Å². The van der Waals surface area contributed by atoms with Crippen molar-refractivity contribution in [3.63, 3.8) is 0 Å². The van der Waals surface area contributed by atoms with Crippen LogP contribution in [0, 0.1) is 62.1 Å². The maximum absolute atomic E-state index is 16.3. The lowest BCUT2D eigenvalue weighted by atomic mass is 9.78. The van der Waals surface area contributed by atoms with Gasteiger partial charge in [-0.15, -0.1) is 0 Å². The van der Waals surface area contributed by atoms with Crippen LogP contribution in [0.2, 0.25) is 0 Å². The highest BCUT2D eigenvalue weighted by molar-refractivity contribution is 6.24. The molecule has 80 heavy (non-hydrogen) atoms. The van der Waals surface area contributed by atoms with Crippen molar-refractivity contribution in [2.24, 2.45) is 40.6 Å². The van der Waals surface area contributed by atoms with Gasteiger partial charge in [-0.3, -0.25) is 28.6 Å². The van der Waals surface area contributed by atoms with Crippen LogP contribution < -0.4 is 20.5 Å². The number of aliphatic hydroxyl groups is 2. The van der Waals surface area contributed by atoms with Gasteiger partial charge < -0.3 is 54.7 Å². The SMILES string of the molecule is CO[C@H]1/C=C/O[C@@]2(C)Oc3c(C)c(O)c4c(O)c(c(/C=N\N5CCC(C6CCCN(c7c(F)cn8c(=O)c(C)cc(C9CC9)c8c7C)C6)C5)c(O)c4c3C2=O)NC(=O)/C(C)=C\C=C\[C@H](C)[C@H](O)[C@@H](C)[C@@H](O)[C@@H](C)[C@H](OC(C)=O)[C@@H]1C. The zero-order valence-corrected chi connectivity index (χ0v) is 47.5. The minimum Gasteiger partial charge on any atom is -0.507 e. The Hall–Kier alpha value is -6.96. The molecule has 2 aromatic heterocycles. The maximum atomic E-state index is 16.3. The molecule has 6 aliphatic rings. The molecule has 2 aromatic carbocycles. The number of nitrogens with one attached hydrogen (secondary N) is 1. The van der Waals surface area contributed by atoms with Crippen LogP contribution in [-0.4, -0.2) is 122 Å². The lowest BCUT2D eigenvalue weighted by Crippen LogP contribution is -2.46. The van der Waals surface area contributed by atoms with Gasteiger partial charge in [0.05, 0.1) is 70.4 Å². The molecule has 1 amide bonds. The van der Waals surface area contributed by atoms with Crippen molar-refractivity contribution in [3.05, 3.63) is 98.0 Å². The van der Waals surface area contributed by atoms with E-state index in [1.165, 1.54) is 70.0 Å². The van der Waals surface area contributed by atoms with Crippen molar-refractivity contribution in [1.29, 1.82) is 0 Å². The summed E-state index contributed by atoms with van der Waals surface area (Å²) in [5.41, 5.74) is 2.98. The van der Waals surface area contributed by atoms with E-state index in [1.807, 2.05) is 18.0 Å². The number of halogens is 1. The number of phenolic OH excluding ortho intramolecular Hbond substituents is 3. The number of nitrogens with zero attached hydrogens (tertiary/aromatic N) is 4. The van der Waals surface area contributed by atoms with Crippen molar-refractivity contribution in [2.75, 3.05) is 43.5 Å². The first-order chi connectivity index (χ1) is 37.9. The van der Waals surface area contributed by atoms with Crippen LogP contribution in [0.4, 0.5) is 15.8 Å². The third-order valence-corrected chi connectivity index (χ3v) is 17.7. The monoisotopic (exact) mass is 1110 g/mol. The predicted octanol–water partition coefficient (Wildman–Crippen LogP) is 8.57. The van der Waals surface area contributed by atoms with Crippen LogP contribution in [-0.2, 0) is 23.8 Å². The number of pyridine rings is 2. The molecule has 1 aliphatic carbocycles. The fraction of sp³-hybridized carbons (Fsp3) is 0.525. The summed E-state index contributed by atoms with van der Waals surface area (Å²) in [6, 6.07) is 1.97. The van der Waals surface area contributed by atoms with Crippen molar-refractivity contribution >= 4 is 51.5 Å². The minimum atomic E-state index is -2.10. The number of rotatable bonds is 7. The second-order valence-electron chi connectivity index (χ2n) is 23.2. The molecule has 6 N–H and O–H groups in total.